The first-order valence-corrected chi connectivity index (χ1v) is 6.62. The number of carboxylic acids is 1. The number of hydrogen-bond acceptors (Lipinski definition) is 2. The number of aryl methyl sites for hydroxylation is 1. The van der Waals surface area contributed by atoms with Crippen LogP contribution in [0.5, 0.6) is 5.75 Å². The van der Waals surface area contributed by atoms with Gasteiger partial charge in [-0.2, -0.15) is 0 Å². The molecule has 0 heterocycles. The smallest absolute Gasteiger partial charge is 0.339 e. The maximum Gasteiger partial charge on any atom is 0.339 e. The minimum Gasteiger partial charge on any atom is -0.493 e. The average molecular weight is 250 g/mol. The molecule has 3 nitrogen and oxygen atoms in total. The lowest BCUT2D eigenvalue weighted by molar-refractivity contribution is 0.0692. The van der Waals surface area contributed by atoms with Crippen molar-refractivity contribution in [1.29, 1.82) is 0 Å². The number of unbranched alkanes of at least 4 members (excludes halogenated alkanes) is 4. The van der Waals surface area contributed by atoms with Crippen LogP contribution in [0.4, 0.5) is 0 Å². The van der Waals surface area contributed by atoms with Crippen LogP contribution in [0, 0.1) is 6.92 Å². The van der Waals surface area contributed by atoms with E-state index in [2.05, 4.69) is 6.92 Å². The molecule has 0 bridgehead atoms. The third-order valence-electron chi connectivity index (χ3n) is 2.87. The summed E-state index contributed by atoms with van der Waals surface area (Å²) in [6.45, 7) is 4.65. The highest BCUT2D eigenvalue weighted by atomic mass is 16.5. The second-order valence-corrected chi connectivity index (χ2v) is 4.57. The minimum atomic E-state index is -0.931. The molecule has 1 N–H and O–H groups in total. The lowest BCUT2D eigenvalue weighted by atomic mass is 10.1. The van der Waals surface area contributed by atoms with Crippen LogP contribution in [0.25, 0.3) is 0 Å². The molecule has 0 unspecified atom stereocenters. The van der Waals surface area contributed by atoms with Crippen molar-refractivity contribution in [2.24, 2.45) is 0 Å². The molecular formula is C15H22O3. The largest absolute Gasteiger partial charge is 0.493 e. The van der Waals surface area contributed by atoms with Crippen molar-refractivity contribution in [2.75, 3.05) is 6.61 Å². The molecule has 1 aromatic rings. The first kappa shape index (κ1) is 14.6. The molecule has 0 saturated heterocycles. The third-order valence-corrected chi connectivity index (χ3v) is 2.87. The number of carbonyl (C=O) groups is 1. The molecular weight excluding hydrogens is 228 g/mol. The minimum absolute atomic E-state index is 0.253. The third kappa shape index (κ3) is 4.78. The molecule has 0 amide bonds. The fourth-order valence-corrected chi connectivity index (χ4v) is 1.82. The Labute approximate surface area is 109 Å². The van der Waals surface area contributed by atoms with Gasteiger partial charge in [-0.05, 0) is 25.5 Å². The predicted octanol–water partition coefficient (Wildman–Crippen LogP) is 4.04. The molecule has 0 atom stereocenters. The van der Waals surface area contributed by atoms with Gasteiger partial charge in [0.15, 0.2) is 0 Å². The number of carboxylic acid groups (broad SMARTS) is 1. The zero-order valence-electron chi connectivity index (χ0n) is 11.2. The highest BCUT2D eigenvalue weighted by molar-refractivity contribution is 5.91. The Morgan fingerprint density at radius 2 is 1.94 bits per heavy atom. The molecule has 1 aromatic carbocycles. The highest BCUT2D eigenvalue weighted by Gasteiger charge is 2.10. The van der Waals surface area contributed by atoms with Crippen molar-refractivity contribution in [3.05, 3.63) is 29.3 Å². The van der Waals surface area contributed by atoms with Crippen molar-refractivity contribution >= 4 is 5.97 Å². The summed E-state index contributed by atoms with van der Waals surface area (Å²) in [6.07, 6.45) is 5.82. The number of ether oxygens (including phenoxy) is 1. The fraction of sp³-hybridized carbons (Fsp3) is 0.533. The van der Waals surface area contributed by atoms with Gasteiger partial charge >= 0.3 is 5.97 Å². The first-order chi connectivity index (χ1) is 8.65. The summed E-state index contributed by atoms with van der Waals surface area (Å²) in [7, 11) is 0. The van der Waals surface area contributed by atoms with Gasteiger partial charge in [-0.15, -0.1) is 0 Å². The lowest BCUT2D eigenvalue weighted by Crippen LogP contribution is -2.05. The molecule has 0 aliphatic heterocycles. The Hall–Kier alpha value is -1.51. The Morgan fingerprint density at radius 1 is 1.22 bits per heavy atom. The standard InChI is InChI=1S/C15H22O3/c1-3-4-5-6-7-10-18-14-9-8-12(2)11-13(14)15(16)17/h8-9,11H,3-7,10H2,1-2H3,(H,16,17). The van der Waals surface area contributed by atoms with Gasteiger partial charge in [0, 0.05) is 0 Å². The van der Waals surface area contributed by atoms with Crippen LogP contribution in [0.15, 0.2) is 18.2 Å². The summed E-state index contributed by atoms with van der Waals surface area (Å²) in [6, 6.07) is 5.26. The predicted molar refractivity (Wildman–Crippen MR) is 72.4 cm³/mol. The van der Waals surface area contributed by atoms with Crippen LogP contribution >= 0.6 is 0 Å². The van der Waals surface area contributed by atoms with Crippen LogP contribution in [-0.2, 0) is 0 Å². The molecule has 0 spiro atoms. The van der Waals surface area contributed by atoms with Gasteiger partial charge in [0.25, 0.3) is 0 Å². The SMILES string of the molecule is CCCCCCCOc1ccc(C)cc1C(=O)O. The van der Waals surface area contributed by atoms with Crippen molar-refractivity contribution in [3.8, 4) is 5.75 Å². The van der Waals surface area contributed by atoms with E-state index in [1.54, 1.807) is 12.1 Å². The molecule has 1 rings (SSSR count). The van der Waals surface area contributed by atoms with E-state index in [-0.39, 0.29) is 5.56 Å². The summed E-state index contributed by atoms with van der Waals surface area (Å²) < 4.78 is 5.55. The van der Waals surface area contributed by atoms with Crippen molar-refractivity contribution in [1.82, 2.24) is 0 Å². The van der Waals surface area contributed by atoms with Crippen LogP contribution in [0.1, 0.15) is 54.9 Å². The molecule has 100 valence electrons. The van der Waals surface area contributed by atoms with Crippen LogP contribution in [0.2, 0.25) is 0 Å². The molecule has 18 heavy (non-hydrogen) atoms. The topological polar surface area (TPSA) is 46.5 Å². The Morgan fingerprint density at radius 3 is 2.61 bits per heavy atom. The summed E-state index contributed by atoms with van der Waals surface area (Å²) >= 11 is 0. The molecule has 0 fully saturated rings. The number of hydrogen-bond donors (Lipinski definition) is 1. The summed E-state index contributed by atoms with van der Waals surface area (Å²) in [4.78, 5) is 11.1. The van der Waals surface area contributed by atoms with E-state index in [0.717, 1.165) is 18.4 Å². The van der Waals surface area contributed by atoms with E-state index in [1.165, 1.54) is 19.3 Å². The normalized spacial score (nSPS) is 10.3. The maximum atomic E-state index is 11.1. The van der Waals surface area contributed by atoms with Gasteiger partial charge in [0.1, 0.15) is 11.3 Å². The van der Waals surface area contributed by atoms with E-state index in [1.807, 2.05) is 13.0 Å². The van der Waals surface area contributed by atoms with Gasteiger partial charge in [-0.3, -0.25) is 0 Å². The number of aromatic carboxylic acids is 1. The summed E-state index contributed by atoms with van der Waals surface area (Å²) in [5.74, 6) is -0.455. The van der Waals surface area contributed by atoms with Gasteiger partial charge in [0.2, 0.25) is 0 Å². The molecule has 0 aliphatic rings. The van der Waals surface area contributed by atoms with E-state index >= 15 is 0 Å². The summed E-state index contributed by atoms with van der Waals surface area (Å²) in [5, 5.41) is 9.08. The zero-order chi connectivity index (χ0) is 13.4. The second kappa shape index (κ2) is 7.75. The Bertz CT molecular complexity index is 385. The second-order valence-electron chi connectivity index (χ2n) is 4.57. The van der Waals surface area contributed by atoms with E-state index in [4.69, 9.17) is 9.84 Å². The van der Waals surface area contributed by atoms with Crippen LogP contribution < -0.4 is 4.74 Å². The van der Waals surface area contributed by atoms with Gasteiger partial charge < -0.3 is 9.84 Å². The maximum absolute atomic E-state index is 11.1. The first-order valence-electron chi connectivity index (χ1n) is 6.62. The Balaban J connectivity index is 2.44. The van der Waals surface area contributed by atoms with Crippen molar-refractivity contribution < 1.29 is 14.6 Å². The van der Waals surface area contributed by atoms with Gasteiger partial charge in [-0.25, -0.2) is 4.79 Å². The van der Waals surface area contributed by atoms with Gasteiger partial charge in [-0.1, -0.05) is 44.2 Å². The summed E-state index contributed by atoms with van der Waals surface area (Å²) in [5.41, 5.74) is 1.19. The Kier molecular flexibility index (Phi) is 6.26. The van der Waals surface area contributed by atoms with Gasteiger partial charge in [0.05, 0.1) is 6.61 Å². The quantitative estimate of drug-likeness (QED) is 0.708. The van der Waals surface area contributed by atoms with Crippen LogP contribution in [-0.4, -0.2) is 17.7 Å². The zero-order valence-corrected chi connectivity index (χ0v) is 11.2. The van der Waals surface area contributed by atoms with E-state index in [9.17, 15) is 4.79 Å². The van der Waals surface area contributed by atoms with Crippen LogP contribution in [0.3, 0.4) is 0 Å². The van der Waals surface area contributed by atoms with E-state index in [0.29, 0.717) is 12.4 Å². The monoisotopic (exact) mass is 250 g/mol. The molecule has 0 radical (unpaired) electrons. The molecule has 0 aromatic heterocycles. The van der Waals surface area contributed by atoms with Crippen molar-refractivity contribution in [3.63, 3.8) is 0 Å². The fourth-order valence-electron chi connectivity index (χ4n) is 1.82. The van der Waals surface area contributed by atoms with E-state index < -0.39 is 5.97 Å². The average Bonchev–Trinajstić information content (AvgIpc) is 2.35. The number of rotatable bonds is 8. The molecule has 0 aliphatic carbocycles. The highest BCUT2D eigenvalue weighted by Crippen LogP contribution is 2.20. The molecule has 0 saturated carbocycles. The lowest BCUT2D eigenvalue weighted by Gasteiger charge is -2.09. The van der Waals surface area contributed by atoms with Crippen molar-refractivity contribution in [2.45, 2.75) is 46.0 Å². The number of benzene rings is 1. The molecule has 3 heteroatoms.